The van der Waals surface area contributed by atoms with Crippen LogP contribution in [-0.4, -0.2) is 69.2 Å². The van der Waals surface area contributed by atoms with Gasteiger partial charge in [0.2, 0.25) is 5.91 Å². The standard InChI is InChI=1S/C23H33N5O3/c1-5-24-23(26-14-11-18-9-10-20(30-3)21(16-18)31-4)27-17-22(29)28(2)15-12-19-8-6-7-13-25-19/h6-10,13,16H,5,11-12,14-15,17H2,1-4H3,(H2,24,26,27). The molecule has 2 rings (SSSR count). The summed E-state index contributed by atoms with van der Waals surface area (Å²) in [4.78, 5) is 22.8. The molecule has 8 nitrogen and oxygen atoms in total. The first-order chi connectivity index (χ1) is 15.1. The number of hydrogen-bond donors (Lipinski definition) is 2. The summed E-state index contributed by atoms with van der Waals surface area (Å²) >= 11 is 0. The quantitative estimate of drug-likeness (QED) is 0.421. The predicted molar refractivity (Wildman–Crippen MR) is 123 cm³/mol. The maximum absolute atomic E-state index is 12.4. The van der Waals surface area contributed by atoms with E-state index >= 15 is 0 Å². The number of nitrogens with zero attached hydrogens (tertiary/aromatic N) is 3. The lowest BCUT2D eigenvalue weighted by Gasteiger charge is -2.17. The molecule has 0 aliphatic heterocycles. The molecule has 0 bridgehead atoms. The minimum atomic E-state index is -0.0342. The third-order valence-electron chi connectivity index (χ3n) is 4.73. The lowest BCUT2D eigenvalue weighted by atomic mass is 10.1. The van der Waals surface area contributed by atoms with Gasteiger partial charge in [-0.15, -0.1) is 0 Å². The molecular weight excluding hydrogens is 394 g/mol. The highest BCUT2D eigenvalue weighted by molar-refractivity contribution is 5.84. The normalized spacial score (nSPS) is 11.0. The first-order valence-electron chi connectivity index (χ1n) is 10.4. The van der Waals surface area contributed by atoms with Crippen LogP contribution >= 0.6 is 0 Å². The Bertz CT molecular complexity index is 842. The Morgan fingerprint density at radius 1 is 1.10 bits per heavy atom. The summed E-state index contributed by atoms with van der Waals surface area (Å²) in [7, 11) is 5.04. The minimum Gasteiger partial charge on any atom is -0.493 e. The van der Waals surface area contributed by atoms with E-state index in [1.807, 2.05) is 43.3 Å². The lowest BCUT2D eigenvalue weighted by Crippen LogP contribution is -2.39. The number of carbonyl (C=O) groups excluding carboxylic acids is 1. The van der Waals surface area contributed by atoms with E-state index in [0.717, 1.165) is 24.1 Å². The van der Waals surface area contributed by atoms with Crippen LogP contribution in [0.3, 0.4) is 0 Å². The molecule has 0 fully saturated rings. The Hall–Kier alpha value is -3.29. The Labute approximate surface area is 184 Å². The van der Waals surface area contributed by atoms with Crippen molar-refractivity contribution in [3.63, 3.8) is 0 Å². The van der Waals surface area contributed by atoms with Gasteiger partial charge >= 0.3 is 0 Å². The Morgan fingerprint density at radius 2 is 1.90 bits per heavy atom. The average molecular weight is 428 g/mol. The van der Waals surface area contributed by atoms with Gasteiger partial charge in [0.15, 0.2) is 17.5 Å². The zero-order chi connectivity index (χ0) is 22.5. The van der Waals surface area contributed by atoms with Gasteiger partial charge in [0.1, 0.15) is 6.54 Å². The fourth-order valence-corrected chi connectivity index (χ4v) is 2.92. The third kappa shape index (κ3) is 8.16. The zero-order valence-corrected chi connectivity index (χ0v) is 18.9. The Kier molecular flexibility index (Phi) is 10.1. The molecule has 0 aliphatic carbocycles. The maximum atomic E-state index is 12.4. The van der Waals surface area contributed by atoms with Crippen molar-refractivity contribution in [3.05, 3.63) is 53.9 Å². The number of likely N-dealkylation sites (N-methyl/N-ethyl adjacent to an activating group) is 1. The number of aromatic nitrogens is 1. The second kappa shape index (κ2) is 13.1. The summed E-state index contributed by atoms with van der Waals surface area (Å²) in [5.74, 6) is 2.00. The van der Waals surface area contributed by atoms with Crippen molar-refractivity contribution in [2.75, 3.05) is 47.4 Å². The number of guanidine groups is 1. The summed E-state index contributed by atoms with van der Waals surface area (Å²) in [6.07, 6.45) is 3.26. The van der Waals surface area contributed by atoms with Crippen LogP contribution in [0.15, 0.2) is 47.6 Å². The smallest absolute Gasteiger partial charge is 0.244 e. The predicted octanol–water partition coefficient (Wildman–Crippen LogP) is 1.90. The van der Waals surface area contributed by atoms with E-state index in [1.165, 1.54) is 0 Å². The van der Waals surface area contributed by atoms with Crippen LogP contribution < -0.4 is 20.1 Å². The number of carbonyl (C=O) groups is 1. The molecule has 1 aromatic heterocycles. The second-order valence-corrected chi connectivity index (χ2v) is 6.95. The van der Waals surface area contributed by atoms with Crippen molar-refractivity contribution in [1.29, 1.82) is 0 Å². The van der Waals surface area contributed by atoms with Crippen LogP contribution in [0, 0.1) is 0 Å². The molecule has 0 saturated heterocycles. The van der Waals surface area contributed by atoms with Crippen LogP contribution in [0.2, 0.25) is 0 Å². The molecule has 0 unspecified atom stereocenters. The molecule has 0 spiro atoms. The molecule has 168 valence electrons. The van der Waals surface area contributed by atoms with Gasteiger partial charge in [0, 0.05) is 45.0 Å². The summed E-state index contributed by atoms with van der Waals surface area (Å²) in [5.41, 5.74) is 2.09. The summed E-state index contributed by atoms with van der Waals surface area (Å²) < 4.78 is 10.6. The fraction of sp³-hybridized carbons (Fsp3) is 0.435. The van der Waals surface area contributed by atoms with Gasteiger partial charge in [-0.2, -0.15) is 0 Å². The van der Waals surface area contributed by atoms with Gasteiger partial charge in [0.05, 0.1) is 14.2 Å². The van der Waals surface area contributed by atoms with Crippen LogP contribution in [-0.2, 0) is 17.6 Å². The summed E-state index contributed by atoms with van der Waals surface area (Å²) in [5, 5.41) is 6.45. The van der Waals surface area contributed by atoms with Gasteiger partial charge in [-0.25, -0.2) is 4.99 Å². The summed E-state index contributed by atoms with van der Waals surface area (Å²) in [6.45, 7) is 4.07. The monoisotopic (exact) mass is 427 g/mol. The maximum Gasteiger partial charge on any atom is 0.244 e. The summed E-state index contributed by atoms with van der Waals surface area (Å²) in [6, 6.07) is 11.7. The number of aliphatic imine (C=N–C) groups is 1. The molecule has 1 amide bonds. The molecule has 2 aromatic rings. The number of nitrogens with one attached hydrogen (secondary N) is 2. The van der Waals surface area contributed by atoms with Crippen molar-refractivity contribution in [1.82, 2.24) is 20.5 Å². The van der Waals surface area contributed by atoms with E-state index in [1.54, 1.807) is 32.4 Å². The number of pyridine rings is 1. The van der Waals surface area contributed by atoms with Crippen LogP contribution in [0.4, 0.5) is 0 Å². The molecule has 1 aromatic carbocycles. The number of ether oxygens (including phenoxy) is 2. The molecule has 1 heterocycles. The topological polar surface area (TPSA) is 88.1 Å². The number of hydrogen-bond acceptors (Lipinski definition) is 5. The highest BCUT2D eigenvalue weighted by Gasteiger charge is 2.09. The van der Waals surface area contributed by atoms with E-state index < -0.39 is 0 Å². The highest BCUT2D eigenvalue weighted by atomic mass is 16.5. The largest absolute Gasteiger partial charge is 0.493 e. The van der Waals surface area contributed by atoms with E-state index in [0.29, 0.717) is 37.1 Å². The molecule has 0 saturated carbocycles. The van der Waals surface area contributed by atoms with Gasteiger partial charge < -0.3 is 25.0 Å². The molecular formula is C23H33N5O3. The van der Waals surface area contributed by atoms with E-state index in [-0.39, 0.29) is 12.5 Å². The molecule has 2 N–H and O–H groups in total. The van der Waals surface area contributed by atoms with Crippen LogP contribution in [0.5, 0.6) is 11.5 Å². The van der Waals surface area contributed by atoms with Crippen molar-refractivity contribution in [2.45, 2.75) is 19.8 Å². The van der Waals surface area contributed by atoms with E-state index in [9.17, 15) is 4.79 Å². The number of amides is 1. The van der Waals surface area contributed by atoms with Crippen molar-refractivity contribution in [2.24, 2.45) is 4.99 Å². The van der Waals surface area contributed by atoms with Gasteiger partial charge in [-0.05, 0) is 43.2 Å². The fourth-order valence-electron chi connectivity index (χ4n) is 2.92. The number of rotatable bonds is 11. The molecule has 0 radical (unpaired) electrons. The molecule has 0 aliphatic rings. The average Bonchev–Trinajstić information content (AvgIpc) is 2.81. The van der Waals surface area contributed by atoms with Crippen LogP contribution in [0.25, 0.3) is 0 Å². The Balaban J connectivity index is 1.83. The molecule has 31 heavy (non-hydrogen) atoms. The van der Waals surface area contributed by atoms with Gasteiger partial charge in [-0.1, -0.05) is 12.1 Å². The zero-order valence-electron chi connectivity index (χ0n) is 18.9. The molecule has 0 atom stereocenters. The first kappa shape index (κ1) is 24.0. The van der Waals surface area contributed by atoms with Crippen molar-refractivity contribution in [3.8, 4) is 11.5 Å². The van der Waals surface area contributed by atoms with E-state index in [2.05, 4.69) is 20.6 Å². The minimum absolute atomic E-state index is 0.0342. The van der Waals surface area contributed by atoms with Gasteiger partial charge in [-0.3, -0.25) is 9.78 Å². The van der Waals surface area contributed by atoms with Crippen LogP contribution in [0.1, 0.15) is 18.2 Å². The third-order valence-corrected chi connectivity index (χ3v) is 4.73. The van der Waals surface area contributed by atoms with E-state index in [4.69, 9.17) is 9.47 Å². The highest BCUT2D eigenvalue weighted by Crippen LogP contribution is 2.27. The van der Waals surface area contributed by atoms with Crippen molar-refractivity contribution < 1.29 is 14.3 Å². The number of methoxy groups -OCH3 is 2. The SMILES string of the molecule is CCNC(=NCC(=O)N(C)CCc1ccccn1)NCCc1ccc(OC)c(OC)c1. The number of benzene rings is 1. The van der Waals surface area contributed by atoms with Crippen molar-refractivity contribution >= 4 is 11.9 Å². The molecule has 8 heteroatoms. The Morgan fingerprint density at radius 3 is 2.58 bits per heavy atom. The lowest BCUT2D eigenvalue weighted by molar-refractivity contribution is -0.128. The van der Waals surface area contributed by atoms with Gasteiger partial charge in [0.25, 0.3) is 0 Å². The second-order valence-electron chi connectivity index (χ2n) is 6.95. The first-order valence-corrected chi connectivity index (χ1v) is 10.4.